The summed E-state index contributed by atoms with van der Waals surface area (Å²) >= 11 is 5.86. The molecule has 0 bridgehead atoms. The van der Waals surface area contributed by atoms with Crippen molar-refractivity contribution in [2.45, 2.75) is 6.10 Å². The topological polar surface area (TPSA) is 41.6 Å². The van der Waals surface area contributed by atoms with Crippen LogP contribution in [0.15, 0.2) is 24.3 Å². The van der Waals surface area contributed by atoms with Crippen molar-refractivity contribution >= 4 is 17.5 Å². The van der Waals surface area contributed by atoms with Gasteiger partial charge in [0, 0.05) is 6.54 Å². The van der Waals surface area contributed by atoms with Crippen molar-refractivity contribution in [2.24, 2.45) is 0 Å². The van der Waals surface area contributed by atoms with Crippen LogP contribution >= 0.6 is 11.6 Å². The maximum atomic E-state index is 11.5. The molecule has 1 atom stereocenters. The third-order valence-electron chi connectivity index (χ3n) is 2.01. The summed E-state index contributed by atoms with van der Waals surface area (Å²) in [5, 5.41) is 3.23. The van der Waals surface area contributed by atoms with Gasteiger partial charge in [-0.15, -0.1) is 0 Å². The van der Waals surface area contributed by atoms with E-state index in [1.54, 1.807) is 24.3 Å². The predicted octanol–water partition coefficient (Wildman–Crippen LogP) is 1.47. The molecule has 1 fully saturated rings. The molecule has 1 amide bonds. The molecule has 0 aliphatic carbocycles. The van der Waals surface area contributed by atoms with Gasteiger partial charge in [-0.1, -0.05) is 23.7 Å². The Balaban J connectivity index is 1.98. The zero-order valence-corrected chi connectivity index (χ0v) is 8.25. The van der Waals surface area contributed by atoms with Crippen LogP contribution in [0.1, 0.15) is 10.4 Å². The van der Waals surface area contributed by atoms with Crippen molar-refractivity contribution in [3.8, 4) is 0 Å². The molecule has 1 aromatic rings. The third kappa shape index (κ3) is 2.25. The van der Waals surface area contributed by atoms with Crippen LogP contribution in [0.2, 0.25) is 5.02 Å². The molecule has 1 unspecified atom stereocenters. The van der Waals surface area contributed by atoms with Gasteiger partial charge in [-0.25, -0.2) is 0 Å². The Bertz CT molecular complexity index is 350. The van der Waals surface area contributed by atoms with Crippen LogP contribution in [0.3, 0.4) is 0 Å². The van der Waals surface area contributed by atoms with Crippen molar-refractivity contribution in [1.82, 2.24) is 5.32 Å². The number of carbonyl (C=O) groups is 1. The van der Waals surface area contributed by atoms with E-state index in [2.05, 4.69) is 5.32 Å². The van der Waals surface area contributed by atoms with Crippen LogP contribution in [0, 0.1) is 0 Å². The van der Waals surface area contributed by atoms with Crippen LogP contribution in [-0.2, 0) is 4.74 Å². The van der Waals surface area contributed by atoms with E-state index in [-0.39, 0.29) is 12.0 Å². The minimum absolute atomic E-state index is 0.147. The lowest BCUT2D eigenvalue weighted by Crippen LogP contribution is -2.27. The summed E-state index contributed by atoms with van der Waals surface area (Å²) in [5.74, 6) is -0.147. The molecule has 2 rings (SSSR count). The Kier molecular flexibility index (Phi) is 2.70. The molecule has 1 N–H and O–H groups in total. The molecular weight excluding hydrogens is 202 g/mol. The van der Waals surface area contributed by atoms with Gasteiger partial charge in [0.2, 0.25) is 0 Å². The normalized spacial score (nSPS) is 19.1. The molecule has 74 valence electrons. The Morgan fingerprint density at radius 1 is 1.57 bits per heavy atom. The monoisotopic (exact) mass is 211 g/mol. The fourth-order valence-corrected chi connectivity index (χ4v) is 1.35. The quantitative estimate of drug-likeness (QED) is 0.770. The van der Waals surface area contributed by atoms with E-state index in [4.69, 9.17) is 16.3 Å². The summed E-state index contributed by atoms with van der Waals surface area (Å²) in [6.45, 7) is 1.30. The predicted molar refractivity (Wildman–Crippen MR) is 53.5 cm³/mol. The van der Waals surface area contributed by atoms with E-state index in [1.165, 1.54) is 0 Å². The Morgan fingerprint density at radius 3 is 2.93 bits per heavy atom. The van der Waals surface area contributed by atoms with Gasteiger partial charge in [0.15, 0.2) is 0 Å². The number of halogens is 1. The van der Waals surface area contributed by atoms with Crippen LogP contribution in [0.4, 0.5) is 0 Å². The molecule has 3 nitrogen and oxygen atoms in total. The number of nitrogens with one attached hydrogen (secondary N) is 1. The van der Waals surface area contributed by atoms with Crippen LogP contribution in [0.25, 0.3) is 0 Å². The Morgan fingerprint density at radius 2 is 2.29 bits per heavy atom. The van der Waals surface area contributed by atoms with Crippen molar-refractivity contribution < 1.29 is 9.53 Å². The lowest BCUT2D eigenvalue weighted by molar-refractivity contribution is 0.0950. The zero-order valence-electron chi connectivity index (χ0n) is 7.50. The molecule has 0 saturated carbocycles. The molecule has 14 heavy (non-hydrogen) atoms. The lowest BCUT2D eigenvalue weighted by atomic mass is 10.2. The number of carbonyl (C=O) groups excluding carboxylic acids is 1. The summed E-state index contributed by atoms with van der Waals surface area (Å²) in [5.41, 5.74) is 0.509. The molecule has 1 aromatic carbocycles. The fraction of sp³-hybridized carbons (Fsp3) is 0.300. The Hall–Kier alpha value is -1.06. The molecule has 0 aromatic heterocycles. The molecule has 1 heterocycles. The second-order valence-electron chi connectivity index (χ2n) is 3.15. The van der Waals surface area contributed by atoms with Crippen molar-refractivity contribution in [1.29, 1.82) is 0 Å². The number of rotatable bonds is 3. The van der Waals surface area contributed by atoms with Crippen molar-refractivity contribution in [3.05, 3.63) is 34.9 Å². The summed E-state index contributed by atoms with van der Waals surface area (Å²) < 4.78 is 4.98. The van der Waals surface area contributed by atoms with E-state index < -0.39 is 0 Å². The summed E-state index contributed by atoms with van der Waals surface area (Å²) in [6, 6.07) is 6.98. The molecular formula is C10H10ClNO2. The van der Waals surface area contributed by atoms with Crippen LogP contribution in [-0.4, -0.2) is 25.2 Å². The molecule has 1 aliphatic heterocycles. The van der Waals surface area contributed by atoms with E-state index in [1.807, 2.05) is 0 Å². The van der Waals surface area contributed by atoms with Crippen LogP contribution < -0.4 is 5.32 Å². The minimum atomic E-state index is -0.147. The van der Waals surface area contributed by atoms with Gasteiger partial charge in [-0.2, -0.15) is 0 Å². The molecule has 0 spiro atoms. The first-order valence-electron chi connectivity index (χ1n) is 4.41. The van der Waals surface area contributed by atoms with E-state index in [0.29, 0.717) is 17.1 Å². The van der Waals surface area contributed by atoms with Crippen LogP contribution in [0.5, 0.6) is 0 Å². The smallest absolute Gasteiger partial charge is 0.252 e. The first-order chi connectivity index (χ1) is 6.77. The molecule has 0 radical (unpaired) electrons. The van der Waals surface area contributed by atoms with Gasteiger partial charge < -0.3 is 10.1 Å². The van der Waals surface area contributed by atoms with Gasteiger partial charge in [0.05, 0.1) is 23.3 Å². The summed E-state index contributed by atoms with van der Waals surface area (Å²) in [4.78, 5) is 11.5. The maximum Gasteiger partial charge on any atom is 0.252 e. The highest BCUT2D eigenvalue weighted by Crippen LogP contribution is 2.15. The van der Waals surface area contributed by atoms with Gasteiger partial charge >= 0.3 is 0 Å². The average molecular weight is 212 g/mol. The highest BCUT2D eigenvalue weighted by atomic mass is 35.5. The number of epoxide rings is 1. The maximum absolute atomic E-state index is 11.5. The lowest BCUT2D eigenvalue weighted by Gasteiger charge is -2.04. The average Bonchev–Trinajstić information content (AvgIpc) is 2.98. The zero-order chi connectivity index (χ0) is 9.97. The first kappa shape index (κ1) is 9.49. The number of amides is 1. The third-order valence-corrected chi connectivity index (χ3v) is 2.34. The largest absolute Gasteiger partial charge is 0.371 e. The van der Waals surface area contributed by atoms with E-state index >= 15 is 0 Å². The van der Waals surface area contributed by atoms with Crippen molar-refractivity contribution in [3.63, 3.8) is 0 Å². The van der Waals surface area contributed by atoms with E-state index in [0.717, 1.165) is 6.61 Å². The first-order valence-corrected chi connectivity index (χ1v) is 4.79. The van der Waals surface area contributed by atoms with Crippen molar-refractivity contribution in [2.75, 3.05) is 13.2 Å². The van der Waals surface area contributed by atoms with E-state index in [9.17, 15) is 4.79 Å². The Labute approximate surface area is 87.0 Å². The number of hydrogen-bond acceptors (Lipinski definition) is 2. The van der Waals surface area contributed by atoms with Gasteiger partial charge in [-0.05, 0) is 12.1 Å². The SMILES string of the molecule is O=C(NCC1CO1)c1ccccc1Cl. The van der Waals surface area contributed by atoms with Gasteiger partial charge in [0.1, 0.15) is 0 Å². The molecule has 4 heteroatoms. The fourth-order valence-electron chi connectivity index (χ4n) is 1.13. The highest BCUT2D eigenvalue weighted by molar-refractivity contribution is 6.33. The molecule has 1 saturated heterocycles. The minimum Gasteiger partial charge on any atom is -0.371 e. The van der Waals surface area contributed by atoms with Gasteiger partial charge in [-0.3, -0.25) is 4.79 Å². The number of hydrogen-bond donors (Lipinski definition) is 1. The highest BCUT2D eigenvalue weighted by Gasteiger charge is 2.23. The summed E-state index contributed by atoms with van der Waals surface area (Å²) in [6.07, 6.45) is 0.196. The second-order valence-corrected chi connectivity index (χ2v) is 3.55. The second kappa shape index (κ2) is 3.98. The van der Waals surface area contributed by atoms with Gasteiger partial charge in [0.25, 0.3) is 5.91 Å². The number of benzene rings is 1. The summed E-state index contributed by atoms with van der Waals surface area (Å²) in [7, 11) is 0. The number of ether oxygens (including phenoxy) is 1. The molecule has 1 aliphatic rings. The standard InChI is InChI=1S/C10H10ClNO2/c11-9-4-2-1-3-8(9)10(13)12-5-7-6-14-7/h1-4,7H,5-6H2,(H,12,13).